The van der Waals surface area contributed by atoms with Gasteiger partial charge in [-0.15, -0.1) is 0 Å². The van der Waals surface area contributed by atoms with Crippen molar-refractivity contribution in [3.63, 3.8) is 0 Å². The lowest BCUT2D eigenvalue weighted by molar-refractivity contribution is 0.0429. The van der Waals surface area contributed by atoms with E-state index in [0.29, 0.717) is 5.92 Å². The van der Waals surface area contributed by atoms with Gasteiger partial charge in [0.05, 0.1) is 6.10 Å². The summed E-state index contributed by atoms with van der Waals surface area (Å²) in [6.07, 6.45) is 1.91. The van der Waals surface area contributed by atoms with Crippen LogP contribution < -0.4 is 5.32 Å². The highest BCUT2D eigenvalue weighted by atomic mass is 16.3. The molecule has 0 aliphatic heterocycles. The molecule has 1 aromatic heterocycles. The maximum absolute atomic E-state index is 9.22. The summed E-state index contributed by atoms with van der Waals surface area (Å²) in [5, 5.41) is 12.7. The lowest BCUT2D eigenvalue weighted by Crippen LogP contribution is -2.35. The summed E-state index contributed by atoms with van der Waals surface area (Å²) in [6.45, 7) is 9.58. The number of aliphatic hydroxyl groups excluding tert-OH is 1. The van der Waals surface area contributed by atoms with Crippen LogP contribution in [0.5, 0.6) is 0 Å². The fourth-order valence-electron chi connectivity index (χ4n) is 2.82. The summed E-state index contributed by atoms with van der Waals surface area (Å²) in [4.78, 5) is 0. The average Bonchev–Trinajstić information content (AvgIpc) is 2.51. The van der Waals surface area contributed by atoms with Crippen LogP contribution in [0, 0.1) is 19.8 Å². The predicted octanol–water partition coefficient (Wildman–Crippen LogP) is 1.99. The molecule has 2 N–H and O–H groups in total. The first-order valence-electron chi connectivity index (χ1n) is 6.66. The molecule has 0 bridgehead atoms. The number of nitrogens with zero attached hydrogens (tertiary/aromatic N) is 1. The summed E-state index contributed by atoms with van der Waals surface area (Å²) in [6, 6.07) is 2.28. The van der Waals surface area contributed by atoms with Crippen LogP contribution in [0.3, 0.4) is 0 Å². The molecule has 3 heteroatoms. The van der Waals surface area contributed by atoms with Crippen molar-refractivity contribution >= 4 is 0 Å². The Morgan fingerprint density at radius 3 is 2.65 bits per heavy atom. The Labute approximate surface area is 104 Å². The molecule has 0 radical (unpaired) electrons. The van der Waals surface area contributed by atoms with Crippen LogP contribution in [0.1, 0.15) is 36.7 Å². The van der Waals surface area contributed by atoms with Crippen molar-refractivity contribution in [2.24, 2.45) is 5.92 Å². The number of aryl methyl sites for hydroxylation is 1. The summed E-state index contributed by atoms with van der Waals surface area (Å²) in [7, 11) is 0. The third kappa shape index (κ3) is 2.72. The van der Waals surface area contributed by atoms with Crippen molar-refractivity contribution in [2.45, 2.75) is 52.8 Å². The normalized spacial score (nSPS) is 23.8. The smallest absolute Gasteiger partial charge is 0.0546 e. The minimum atomic E-state index is -0.0352. The van der Waals surface area contributed by atoms with E-state index in [4.69, 9.17) is 0 Å². The molecule has 1 aliphatic rings. The molecule has 1 fully saturated rings. The van der Waals surface area contributed by atoms with Gasteiger partial charge in [-0.2, -0.15) is 0 Å². The van der Waals surface area contributed by atoms with Crippen LogP contribution in [0.15, 0.2) is 6.07 Å². The number of hydrogen-bond acceptors (Lipinski definition) is 2. The van der Waals surface area contributed by atoms with Crippen molar-refractivity contribution in [2.75, 3.05) is 6.54 Å². The molecule has 96 valence electrons. The molecule has 0 saturated heterocycles. The molecule has 2 rings (SSSR count). The van der Waals surface area contributed by atoms with Crippen molar-refractivity contribution in [1.82, 2.24) is 9.88 Å². The van der Waals surface area contributed by atoms with E-state index in [0.717, 1.165) is 32.5 Å². The zero-order valence-electron chi connectivity index (χ0n) is 11.2. The molecule has 17 heavy (non-hydrogen) atoms. The fourth-order valence-corrected chi connectivity index (χ4v) is 2.82. The Bertz CT molecular complexity index is 378. The van der Waals surface area contributed by atoms with E-state index in [2.05, 4.69) is 36.7 Å². The SMILES string of the molecule is CCn1c(C)cc(CNCC2CC(O)C2)c1C. The van der Waals surface area contributed by atoms with Crippen LogP contribution in [-0.4, -0.2) is 22.3 Å². The van der Waals surface area contributed by atoms with Crippen LogP contribution in [-0.2, 0) is 13.1 Å². The van der Waals surface area contributed by atoms with E-state index in [1.165, 1.54) is 17.0 Å². The van der Waals surface area contributed by atoms with Crippen molar-refractivity contribution in [1.29, 1.82) is 0 Å². The van der Waals surface area contributed by atoms with E-state index < -0.39 is 0 Å². The summed E-state index contributed by atoms with van der Waals surface area (Å²) in [5.74, 6) is 0.680. The van der Waals surface area contributed by atoms with Gasteiger partial charge in [0, 0.05) is 24.5 Å². The summed E-state index contributed by atoms with van der Waals surface area (Å²) in [5.41, 5.74) is 4.14. The monoisotopic (exact) mass is 236 g/mol. The van der Waals surface area contributed by atoms with Gasteiger partial charge in [-0.25, -0.2) is 0 Å². The Morgan fingerprint density at radius 1 is 1.41 bits per heavy atom. The van der Waals surface area contributed by atoms with E-state index in [9.17, 15) is 5.11 Å². The van der Waals surface area contributed by atoms with E-state index >= 15 is 0 Å². The number of rotatable bonds is 5. The molecule has 0 aromatic carbocycles. The number of aliphatic hydroxyl groups is 1. The quantitative estimate of drug-likeness (QED) is 0.820. The summed E-state index contributed by atoms with van der Waals surface area (Å²) < 4.78 is 2.35. The summed E-state index contributed by atoms with van der Waals surface area (Å²) >= 11 is 0. The molecule has 0 amide bonds. The Kier molecular flexibility index (Phi) is 3.89. The van der Waals surface area contributed by atoms with Gasteiger partial charge < -0.3 is 15.0 Å². The molecule has 0 atom stereocenters. The first-order chi connectivity index (χ1) is 8.11. The molecule has 3 nitrogen and oxygen atoms in total. The lowest BCUT2D eigenvalue weighted by atomic mass is 9.82. The van der Waals surface area contributed by atoms with Crippen LogP contribution in [0.25, 0.3) is 0 Å². The maximum Gasteiger partial charge on any atom is 0.0546 e. The highest BCUT2D eigenvalue weighted by molar-refractivity contribution is 5.26. The third-order valence-electron chi connectivity index (χ3n) is 3.95. The predicted molar refractivity (Wildman–Crippen MR) is 70.0 cm³/mol. The Balaban J connectivity index is 1.82. The zero-order valence-corrected chi connectivity index (χ0v) is 11.2. The second kappa shape index (κ2) is 5.23. The highest BCUT2D eigenvalue weighted by Crippen LogP contribution is 2.26. The highest BCUT2D eigenvalue weighted by Gasteiger charge is 2.26. The van der Waals surface area contributed by atoms with E-state index in [1.54, 1.807) is 0 Å². The Morgan fingerprint density at radius 2 is 2.12 bits per heavy atom. The molecule has 1 aromatic rings. The van der Waals surface area contributed by atoms with Crippen LogP contribution in [0.2, 0.25) is 0 Å². The standard InChI is InChI=1S/C14H24N2O/c1-4-16-10(2)5-13(11(16)3)9-15-8-12-6-14(17)7-12/h5,12,14-15,17H,4,6-9H2,1-3H3. The first-order valence-corrected chi connectivity index (χ1v) is 6.66. The average molecular weight is 236 g/mol. The van der Waals surface area contributed by atoms with Gasteiger partial charge in [-0.05, 0) is 57.7 Å². The maximum atomic E-state index is 9.22. The van der Waals surface area contributed by atoms with E-state index in [1.807, 2.05) is 0 Å². The minimum Gasteiger partial charge on any atom is -0.393 e. The Hall–Kier alpha value is -0.800. The van der Waals surface area contributed by atoms with Crippen LogP contribution in [0.4, 0.5) is 0 Å². The second-order valence-corrected chi connectivity index (χ2v) is 5.26. The molecule has 1 heterocycles. The van der Waals surface area contributed by atoms with Crippen molar-refractivity contribution in [3.8, 4) is 0 Å². The largest absolute Gasteiger partial charge is 0.393 e. The van der Waals surface area contributed by atoms with Gasteiger partial charge in [-0.3, -0.25) is 0 Å². The molecule has 0 unspecified atom stereocenters. The van der Waals surface area contributed by atoms with Gasteiger partial charge in [0.2, 0.25) is 0 Å². The van der Waals surface area contributed by atoms with Crippen molar-refractivity contribution < 1.29 is 5.11 Å². The minimum absolute atomic E-state index is 0.0352. The van der Waals surface area contributed by atoms with Gasteiger partial charge >= 0.3 is 0 Å². The van der Waals surface area contributed by atoms with Crippen LogP contribution >= 0.6 is 0 Å². The van der Waals surface area contributed by atoms with Gasteiger partial charge in [0.25, 0.3) is 0 Å². The third-order valence-corrected chi connectivity index (χ3v) is 3.95. The van der Waals surface area contributed by atoms with E-state index in [-0.39, 0.29) is 6.10 Å². The van der Waals surface area contributed by atoms with Gasteiger partial charge in [0.15, 0.2) is 0 Å². The molecule has 1 aliphatic carbocycles. The molecular weight excluding hydrogens is 212 g/mol. The molecular formula is C14H24N2O. The molecule has 0 spiro atoms. The van der Waals surface area contributed by atoms with Gasteiger partial charge in [-0.1, -0.05) is 0 Å². The first kappa shape index (κ1) is 12.7. The molecule has 1 saturated carbocycles. The topological polar surface area (TPSA) is 37.2 Å². The number of hydrogen-bond donors (Lipinski definition) is 2. The fraction of sp³-hybridized carbons (Fsp3) is 0.714. The second-order valence-electron chi connectivity index (χ2n) is 5.26. The van der Waals surface area contributed by atoms with Crippen molar-refractivity contribution in [3.05, 3.63) is 23.0 Å². The number of nitrogens with one attached hydrogen (secondary N) is 1. The van der Waals surface area contributed by atoms with Gasteiger partial charge in [0.1, 0.15) is 0 Å². The number of aromatic nitrogens is 1. The lowest BCUT2D eigenvalue weighted by Gasteiger charge is -2.31. The zero-order chi connectivity index (χ0) is 12.4.